The molecule has 2 fully saturated rings. The van der Waals surface area contributed by atoms with Crippen molar-refractivity contribution in [2.75, 3.05) is 27.3 Å². The van der Waals surface area contributed by atoms with Crippen molar-refractivity contribution >= 4 is 23.8 Å². The Morgan fingerprint density at radius 1 is 0.667 bits per heavy atom. The number of hydrogen-bond donors (Lipinski definition) is 2. The molecule has 2 amide bonds. The Bertz CT molecular complexity index is 1190. The first kappa shape index (κ1) is 48.4. The zero-order valence-corrected chi connectivity index (χ0v) is 34.2. The average molecular weight is 755 g/mol. The van der Waals surface area contributed by atoms with Crippen LogP contribution in [0.3, 0.4) is 0 Å². The Morgan fingerprint density at radius 3 is 1.39 bits per heavy atom. The summed E-state index contributed by atoms with van der Waals surface area (Å²) in [6.07, 6.45) is 20.7. The van der Waals surface area contributed by atoms with Crippen molar-refractivity contribution in [3.05, 3.63) is 24.3 Å². The van der Waals surface area contributed by atoms with E-state index in [9.17, 15) is 29.4 Å². The highest BCUT2D eigenvalue weighted by Gasteiger charge is 2.30. The number of amides is 2. The lowest BCUT2D eigenvalue weighted by molar-refractivity contribution is -0.141. The summed E-state index contributed by atoms with van der Waals surface area (Å²) in [5, 5.41) is 20.5. The van der Waals surface area contributed by atoms with Crippen LogP contribution in [-0.4, -0.2) is 95.4 Å². The van der Waals surface area contributed by atoms with Gasteiger partial charge in [-0.05, 0) is 50.4 Å². The van der Waals surface area contributed by atoms with E-state index in [1.807, 2.05) is 61.8 Å². The Labute approximate surface area is 326 Å². The summed E-state index contributed by atoms with van der Waals surface area (Å²) in [6, 6.07) is 0.160. The lowest BCUT2D eigenvalue weighted by Gasteiger charge is -2.23. The number of likely N-dealkylation sites (tertiary alicyclic amines) is 2. The molecule has 0 aromatic carbocycles. The predicted molar refractivity (Wildman–Crippen MR) is 214 cm³/mol. The maximum atomic E-state index is 12.1. The molecule has 0 unspecified atom stereocenters. The molecule has 10 heteroatoms. The first-order valence-electron chi connectivity index (χ1n) is 20.4. The van der Waals surface area contributed by atoms with Gasteiger partial charge in [-0.2, -0.15) is 0 Å². The summed E-state index contributed by atoms with van der Waals surface area (Å²) in [5.41, 5.74) is 0. The molecule has 2 aliphatic heterocycles. The number of hydrogen-bond acceptors (Lipinski definition) is 8. The minimum absolute atomic E-state index is 0.0798. The van der Waals surface area contributed by atoms with Gasteiger partial charge in [0.1, 0.15) is 0 Å². The van der Waals surface area contributed by atoms with Gasteiger partial charge in [-0.3, -0.25) is 19.2 Å². The van der Waals surface area contributed by atoms with Crippen molar-refractivity contribution in [3.8, 4) is 23.7 Å². The number of ether oxygens (including phenoxy) is 2. The molecule has 2 rings (SSSR count). The minimum atomic E-state index is -0.535. The number of rotatable bonds is 22. The van der Waals surface area contributed by atoms with Gasteiger partial charge in [0.25, 0.3) is 0 Å². The van der Waals surface area contributed by atoms with Crippen LogP contribution in [0.5, 0.6) is 0 Å². The van der Waals surface area contributed by atoms with Crippen LogP contribution in [-0.2, 0) is 28.7 Å². The molecule has 0 bridgehead atoms. The van der Waals surface area contributed by atoms with Crippen LogP contribution in [0, 0.1) is 35.5 Å². The number of unbranched alkanes of at least 4 members (excludes halogenated alkanes) is 6. The molecule has 2 saturated heterocycles. The highest BCUT2D eigenvalue weighted by atomic mass is 16.5. The van der Waals surface area contributed by atoms with E-state index in [4.69, 9.17) is 0 Å². The van der Waals surface area contributed by atoms with Gasteiger partial charge in [0.2, 0.25) is 11.8 Å². The largest absolute Gasteiger partial charge is 0.469 e. The number of nitrogens with zero attached hydrogens (tertiary/aromatic N) is 2. The Morgan fingerprint density at radius 2 is 1.04 bits per heavy atom. The van der Waals surface area contributed by atoms with E-state index in [1.165, 1.54) is 14.2 Å². The van der Waals surface area contributed by atoms with E-state index in [1.54, 1.807) is 0 Å². The second-order valence-electron chi connectivity index (χ2n) is 14.4. The predicted octanol–water partition coefficient (Wildman–Crippen LogP) is 6.92. The molecular formula is C44H70N2O8. The molecule has 304 valence electrons. The topological polar surface area (TPSA) is 134 Å². The third-order valence-electron chi connectivity index (χ3n) is 9.94. The monoisotopic (exact) mass is 755 g/mol. The van der Waals surface area contributed by atoms with Crippen molar-refractivity contribution in [3.63, 3.8) is 0 Å². The third-order valence-corrected chi connectivity index (χ3v) is 9.94. The van der Waals surface area contributed by atoms with Crippen LogP contribution in [0.15, 0.2) is 24.3 Å². The maximum absolute atomic E-state index is 12.1. The SMILES string of the molecule is CCC#CC[C@@H](C)[C@H](O)/C=C/[C@H]1CCC(=O)N1CCCCCCC(=O)OC.CCC#CC[C@H](C)[C@H](O)/C=C/[C@H]1CCC(=O)N1CCCCCCC(=O)OC. The number of methoxy groups -OCH3 is 2. The van der Waals surface area contributed by atoms with Gasteiger partial charge in [0.05, 0.1) is 38.5 Å². The van der Waals surface area contributed by atoms with Crippen LogP contribution < -0.4 is 0 Å². The van der Waals surface area contributed by atoms with Crippen LogP contribution in [0.2, 0.25) is 0 Å². The fourth-order valence-corrected chi connectivity index (χ4v) is 6.33. The minimum Gasteiger partial charge on any atom is -0.469 e. The summed E-state index contributed by atoms with van der Waals surface area (Å²) in [7, 11) is 2.82. The second kappa shape index (κ2) is 29.7. The lowest BCUT2D eigenvalue weighted by atomic mass is 10.00. The van der Waals surface area contributed by atoms with Crippen molar-refractivity contribution in [1.82, 2.24) is 9.80 Å². The van der Waals surface area contributed by atoms with Gasteiger partial charge in [0, 0.05) is 64.5 Å². The van der Waals surface area contributed by atoms with Crippen LogP contribution in [0.1, 0.15) is 143 Å². The first-order valence-corrected chi connectivity index (χ1v) is 20.4. The lowest BCUT2D eigenvalue weighted by Crippen LogP contribution is -2.33. The highest BCUT2D eigenvalue weighted by Crippen LogP contribution is 2.23. The molecule has 10 nitrogen and oxygen atoms in total. The Balaban J connectivity index is 0.000000540. The molecule has 0 aromatic rings. The van der Waals surface area contributed by atoms with E-state index in [2.05, 4.69) is 33.2 Å². The first-order chi connectivity index (χ1) is 26.0. The second-order valence-corrected chi connectivity index (χ2v) is 14.4. The van der Waals surface area contributed by atoms with Crippen LogP contribution in [0.25, 0.3) is 0 Å². The van der Waals surface area contributed by atoms with Crippen molar-refractivity contribution in [2.24, 2.45) is 11.8 Å². The van der Waals surface area contributed by atoms with Crippen molar-refractivity contribution in [1.29, 1.82) is 0 Å². The average Bonchev–Trinajstić information content (AvgIpc) is 3.71. The standard InChI is InChI=1S/2C22H35NO4/c2*1-4-5-8-11-18(2)20(24)15-13-19-14-16-21(25)23(19)17-10-7-6-9-12-22(26)27-3/h2*13,15,18-20,24H,4,6-7,9-12,14,16-17H2,1-3H3/b2*15-13+/t18-,19+,20-;18-,19-,20+/m10/s1. The summed E-state index contributed by atoms with van der Waals surface area (Å²) in [6.45, 7) is 9.48. The molecule has 0 saturated carbocycles. The van der Waals surface area contributed by atoms with Gasteiger partial charge in [-0.15, -0.1) is 23.7 Å². The van der Waals surface area contributed by atoms with Crippen LogP contribution >= 0.6 is 0 Å². The van der Waals surface area contributed by atoms with Crippen molar-refractivity contribution in [2.45, 2.75) is 168 Å². The highest BCUT2D eigenvalue weighted by molar-refractivity contribution is 5.79. The number of esters is 2. The van der Waals surface area contributed by atoms with E-state index in [0.29, 0.717) is 38.5 Å². The molecule has 2 N–H and O–H groups in total. The number of carbonyl (C=O) groups excluding carboxylic acids is 4. The van der Waals surface area contributed by atoms with E-state index < -0.39 is 12.2 Å². The summed E-state index contributed by atoms with van der Waals surface area (Å²) < 4.78 is 9.26. The van der Waals surface area contributed by atoms with Gasteiger partial charge in [-0.25, -0.2) is 0 Å². The molecule has 6 atom stereocenters. The molecule has 0 aromatic heterocycles. The summed E-state index contributed by atoms with van der Waals surface area (Å²) in [5.74, 6) is 12.4. The Kier molecular flexibility index (Phi) is 26.6. The van der Waals surface area contributed by atoms with E-state index >= 15 is 0 Å². The third kappa shape index (κ3) is 20.7. The summed E-state index contributed by atoms with van der Waals surface area (Å²) in [4.78, 5) is 50.3. The zero-order chi connectivity index (χ0) is 40.1. The maximum Gasteiger partial charge on any atom is 0.305 e. The van der Waals surface area contributed by atoms with Gasteiger partial charge >= 0.3 is 11.9 Å². The van der Waals surface area contributed by atoms with Gasteiger partial charge in [0.15, 0.2) is 0 Å². The van der Waals surface area contributed by atoms with E-state index in [0.717, 1.165) is 90.1 Å². The zero-order valence-electron chi connectivity index (χ0n) is 34.2. The summed E-state index contributed by atoms with van der Waals surface area (Å²) >= 11 is 0. The van der Waals surface area contributed by atoms with Crippen LogP contribution in [0.4, 0.5) is 0 Å². The molecule has 2 aliphatic rings. The molecule has 0 radical (unpaired) electrons. The molecule has 2 heterocycles. The number of carbonyl (C=O) groups is 4. The Hall–Kier alpha value is -3.60. The number of aliphatic hydroxyl groups excluding tert-OH is 2. The van der Waals surface area contributed by atoms with Gasteiger partial charge < -0.3 is 29.5 Å². The number of aliphatic hydroxyl groups is 2. The fourth-order valence-electron chi connectivity index (χ4n) is 6.33. The molecule has 54 heavy (non-hydrogen) atoms. The van der Waals surface area contributed by atoms with Gasteiger partial charge in [-0.1, -0.05) is 77.7 Å². The fraction of sp³-hybridized carbons (Fsp3) is 0.727. The molecule has 0 aliphatic carbocycles. The van der Waals surface area contributed by atoms with Crippen molar-refractivity contribution < 1.29 is 38.9 Å². The molecular weight excluding hydrogens is 684 g/mol. The van der Waals surface area contributed by atoms with E-state index in [-0.39, 0.29) is 47.7 Å². The normalized spacial score (nSPS) is 19.0. The smallest absolute Gasteiger partial charge is 0.305 e. The molecule has 0 spiro atoms. The quantitative estimate of drug-likeness (QED) is 0.0527.